The van der Waals surface area contributed by atoms with Gasteiger partial charge in [0.2, 0.25) is 0 Å². The SMILES string of the molecule is CCNC(=NCC(C)Oc1ccc(F)cc1)NC1CCN(c2ncccc2F)C1.I. The maximum absolute atomic E-state index is 14.0. The van der Waals surface area contributed by atoms with Gasteiger partial charge in [0, 0.05) is 31.9 Å². The predicted octanol–water partition coefficient (Wildman–Crippen LogP) is 3.58. The van der Waals surface area contributed by atoms with E-state index in [1.54, 1.807) is 24.4 Å². The van der Waals surface area contributed by atoms with E-state index in [0.717, 1.165) is 19.5 Å². The van der Waals surface area contributed by atoms with Crippen molar-refractivity contribution in [3.63, 3.8) is 0 Å². The van der Waals surface area contributed by atoms with Crippen LogP contribution >= 0.6 is 24.0 Å². The molecule has 1 aromatic carbocycles. The van der Waals surface area contributed by atoms with E-state index < -0.39 is 0 Å². The van der Waals surface area contributed by atoms with E-state index in [0.29, 0.717) is 30.6 Å². The third-order valence-corrected chi connectivity index (χ3v) is 4.57. The van der Waals surface area contributed by atoms with Crippen molar-refractivity contribution in [2.45, 2.75) is 32.4 Å². The molecule has 3 rings (SSSR count). The molecule has 2 unspecified atom stereocenters. The van der Waals surface area contributed by atoms with Gasteiger partial charge < -0.3 is 20.3 Å². The van der Waals surface area contributed by atoms with Crippen molar-refractivity contribution in [1.82, 2.24) is 15.6 Å². The Labute approximate surface area is 193 Å². The minimum absolute atomic E-state index is 0. The van der Waals surface area contributed by atoms with Gasteiger partial charge in [-0.1, -0.05) is 0 Å². The van der Waals surface area contributed by atoms with Crippen LogP contribution in [0.1, 0.15) is 20.3 Å². The molecule has 0 saturated carbocycles. The molecule has 0 aliphatic carbocycles. The highest BCUT2D eigenvalue weighted by atomic mass is 127. The van der Waals surface area contributed by atoms with Crippen LogP contribution in [0.25, 0.3) is 0 Å². The van der Waals surface area contributed by atoms with Crippen molar-refractivity contribution < 1.29 is 13.5 Å². The highest BCUT2D eigenvalue weighted by Gasteiger charge is 2.26. The van der Waals surface area contributed by atoms with E-state index >= 15 is 0 Å². The Morgan fingerprint density at radius 1 is 1.30 bits per heavy atom. The molecule has 6 nitrogen and oxygen atoms in total. The van der Waals surface area contributed by atoms with Gasteiger partial charge >= 0.3 is 0 Å². The summed E-state index contributed by atoms with van der Waals surface area (Å²) in [6.07, 6.45) is 2.30. The summed E-state index contributed by atoms with van der Waals surface area (Å²) in [5, 5.41) is 6.63. The van der Waals surface area contributed by atoms with Gasteiger partial charge in [-0.05, 0) is 56.7 Å². The van der Waals surface area contributed by atoms with Crippen LogP contribution < -0.4 is 20.3 Å². The van der Waals surface area contributed by atoms with E-state index in [9.17, 15) is 8.78 Å². The van der Waals surface area contributed by atoms with E-state index in [2.05, 4.69) is 20.6 Å². The number of benzene rings is 1. The van der Waals surface area contributed by atoms with Gasteiger partial charge in [-0.3, -0.25) is 0 Å². The molecule has 9 heteroatoms. The summed E-state index contributed by atoms with van der Waals surface area (Å²) in [5.74, 6) is 1.09. The molecule has 164 valence electrons. The highest BCUT2D eigenvalue weighted by Crippen LogP contribution is 2.20. The Bertz CT molecular complexity index is 821. The standard InChI is InChI=1S/C21H27F2N5O.HI/c1-3-24-21(26-13-15(2)29-18-8-6-16(22)7-9-18)27-17-10-12-28(14-17)20-19(23)5-4-11-25-20;/h4-9,11,15,17H,3,10,12-14H2,1-2H3,(H2,24,26,27);1H. The van der Waals surface area contributed by atoms with Gasteiger partial charge in [-0.15, -0.1) is 24.0 Å². The van der Waals surface area contributed by atoms with E-state index in [-0.39, 0.29) is 47.8 Å². The van der Waals surface area contributed by atoms with Crippen molar-refractivity contribution in [2.24, 2.45) is 4.99 Å². The third kappa shape index (κ3) is 6.96. The van der Waals surface area contributed by atoms with Crippen molar-refractivity contribution in [1.29, 1.82) is 0 Å². The fraction of sp³-hybridized carbons (Fsp3) is 0.429. The van der Waals surface area contributed by atoms with Crippen LogP contribution in [0, 0.1) is 11.6 Å². The number of nitrogens with one attached hydrogen (secondary N) is 2. The zero-order chi connectivity index (χ0) is 20.6. The Kier molecular flexibility index (Phi) is 9.54. The first-order valence-corrected chi connectivity index (χ1v) is 9.87. The Morgan fingerprint density at radius 3 is 2.77 bits per heavy atom. The summed E-state index contributed by atoms with van der Waals surface area (Å²) < 4.78 is 32.7. The second kappa shape index (κ2) is 11.9. The van der Waals surface area contributed by atoms with Gasteiger partial charge in [-0.25, -0.2) is 18.8 Å². The van der Waals surface area contributed by atoms with Gasteiger partial charge in [0.15, 0.2) is 17.6 Å². The topological polar surface area (TPSA) is 61.8 Å². The average molecular weight is 531 g/mol. The Hall–Kier alpha value is -2.17. The van der Waals surface area contributed by atoms with Crippen LogP contribution in [0.3, 0.4) is 0 Å². The van der Waals surface area contributed by atoms with Crippen molar-refractivity contribution >= 4 is 35.8 Å². The summed E-state index contributed by atoms with van der Waals surface area (Å²) in [6, 6.07) is 9.10. The minimum atomic E-state index is -0.305. The van der Waals surface area contributed by atoms with Crippen molar-refractivity contribution in [3.05, 3.63) is 54.2 Å². The summed E-state index contributed by atoms with van der Waals surface area (Å²) in [6.45, 7) is 6.47. The molecule has 1 aliphatic heterocycles. The van der Waals surface area contributed by atoms with Gasteiger partial charge in [0.25, 0.3) is 0 Å². The summed E-state index contributed by atoms with van der Waals surface area (Å²) in [4.78, 5) is 10.7. The molecule has 0 amide bonds. The molecule has 0 bridgehead atoms. The molecule has 1 saturated heterocycles. The number of pyridine rings is 1. The normalized spacial score (nSPS) is 17.3. The van der Waals surface area contributed by atoms with Crippen LogP contribution in [0.15, 0.2) is 47.6 Å². The zero-order valence-corrected chi connectivity index (χ0v) is 19.5. The first-order valence-electron chi connectivity index (χ1n) is 9.87. The number of hydrogen-bond acceptors (Lipinski definition) is 4. The number of halogens is 3. The molecule has 2 heterocycles. The smallest absolute Gasteiger partial charge is 0.191 e. The second-order valence-electron chi connectivity index (χ2n) is 6.99. The molecule has 30 heavy (non-hydrogen) atoms. The number of anilines is 1. The number of aromatic nitrogens is 1. The molecule has 1 fully saturated rings. The van der Waals surface area contributed by atoms with E-state index in [4.69, 9.17) is 4.74 Å². The molecule has 0 spiro atoms. The number of rotatable bonds is 7. The first kappa shape index (κ1) is 24.1. The Balaban J connectivity index is 0.00000320. The largest absolute Gasteiger partial charge is 0.489 e. The van der Waals surface area contributed by atoms with Crippen LogP contribution in [-0.2, 0) is 0 Å². The van der Waals surface area contributed by atoms with Gasteiger partial charge in [0.05, 0.1) is 6.54 Å². The zero-order valence-electron chi connectivity index (χ0n) is 17.1. The van der Waals surface area contributed by atoms with Gasteiger partial charge in [-0.2, -0.15) is 0 Å². The lowest BCUT2D eigenvalue weighted by Crippen LogP contribution is -2.45. The van der Waals surface area contributed by atoms with Crippen LogP contribution in [0.5, 0.6) is 5.75 Å². The minimum Gasteiger partial charge on any atom is -0.489 e. The predicted molar refractivity (Wildman–Crippen MR) is 126 cm³/mol. The number of guanidine groups is 1. The van der Waals surface area contributed by atoms with Gasteiger partial charge in [0.1, 0.15) is 17.7 Å². The lowest BCUT2D eigenvalue weighted by atomic mass is 10.3. The maximum atomic E-state index is 14.0. The second-order valence-corrected chi connectivity index (χ2v) is 6.99. The number of aliphatic imine (C=N–C) groups is 1. The number of nitrogens with zero attached hydrogens (tertiary/aromatic N) is 3. The first-order chi connectivity index (χ1) is 14.0. The fourth-order valence-electron chi connectivity index (χ4n) is 3.20. The van der Waals surface area contributed by atoms with Crippen LogP contribution in [-0.4, -0.2) is 49.3 Å². The van der Waals surface area contributed by atoms with E-state index in [1.807, 2.05) is 18.7 Å². The lowest BCUT2D eigenvalue weighted by molar-refractivity contribution is 0.230. The molecule has 0 radical (unpaired) electrons. The monoisotopic (exact) mass is 531 g/mol. The lowest BCUT2D eigenvalue weighted by Gasteiger charge is -2.20. The third-order valence-electron chi connectivity index (χ3n) is 4.57. The van der Waals surface area contributed by atoms with Crippen LogP contribution in [0.4, 0.5) is 14.6 Å². The number of ether oxygens (including phenoxy) is 1. The molecule has 1 aliphatic rings. The average Bonchev–Trinajstić information content (AvgIpc) is 3.17. The summed E-state index contributed by atoms with van der Waals surface area (Å²) in [7, 11) is 0. The maximum Gasteiger partial charge on any atom is 0.191 e. The van der Waals surface area contributed by atoms with Crippen molar-refractivity contribution in [2.75, 3.05) is 31.1 Å². The van der Waals surface area contributed by atoms with E-state index in [1.165, 1.54) is 18.2 Å². The summed E-state index contributed by atoms with van der Waals surface area (Å²) >= 11 is 0. The molecule has 2 atom stereocenters. The molecule has 2 N–H and O–H groups in total. The molecular weight excluding hydrogens is 503 g/mol. The molecule has 1 aromatic heterocycles. The molecule has 2 aromatic rings. The Morgan fingerprint density at radius 2 is 2.07 bits per heavy atom. The highest BCUT2D eigenvalue weighted by molar-refractivity contribution is 14.0. The molecular formula is C21H28F2IN5O. The number of hydrogen-bond donors (Lipinski definition) is 2. The summed E-state index contributed by atoms with van der Waals surface area (Å²) in [5.41, 5.74) is 0. The van der Waals surface area contributed by atoms with Crippen LogP contribution in [0.2, 0.25) is 0 Å². The quantitative estimate of drug-likeness (QED) is 0.325. The fourth-order valence-corrected chi connectivity index (χ4v) is 3.20. The van der Waals surface area contributed by atoms with Crippen molar-refractivity contribution in [3.8, 4) is 5.75 Å².